The molecule has 4 aliphatic carbocycles. The Hall–Kier alpha value is -13.4. The molecule has 4 aliphatic heterocycles. The largest absolute Gasteiger partial charge is 0.357 e. The number of Topliss-reactive ketones (excluding diaryl/α,β-unsaturated/α-hetero) is 5. The normalized spacial score (nSPS) is 17.1. The summed E-state index contributed by atoms with van der Waals surface area (Å²) in [7, 11) is 6.79. The summed E-state index contributed by atoms with van der Waals surface area (Å²) in [5, 5.41) is 22.2. The Morgan fingerprint density at radius 1 is 0.361 bits per heavy atom. The average molecular weight is 2070 g/mol. The Kier molecular flexibility index (Phi) is 30.2. The van der Waals surface area contributed by atoms with Crippen molar-refractivity contribution in [1.29, 1.82) is 0 Å². The topological polar surface area (TPSA) is 408 Å². The van der Waals surface area contributed by atoms with E-state index < -0.39 is 209 Å². The third kappa shape index (κ3) is 20.8. The molecule has 768 valence electrons. The first-order chi connectivity index (χ1) is 67.1. The van der Waals surface area contributed by atoms with Crippen LogP contribution in [0.5, 0.6) is 0 Å². The lowest BCUT2D eigenvalue weighted by atomic mass is 9.69. The molecule has 31 nitrogen and oxygen atoms in total. The van der Waals surface area contributed by atoms with Gasteiger partial charge in [-0.25, -0.2) is 48.3 Å². The molecule has 0 unspecified atom stereocenters. The SMILES string of the molecule is CCC(=O)C1(NC(=O)C(=O)c2c(C)c(C(=O)Nc3cc(F)c(C)c(Cl)c3)n3c2CCC3)CC(F)(F)C1.CNC(=O)C1(NC(=O)C(=O)c2c(C)c(C(=O)Nc3ccc(C)c(Cl)c3F)n3c2CCC3)CC(F)(F)C1.Cc1ccc(NC(=O)c2c(C)c(C(=O)C(=O)NC3(C(=O)N(C)C)CC(F)(F)C3)c3n2CCC3)cc1Cl.Cc1ccc(NC(=O)c2c(C)c(C(=O)C(=O)NC3(C(=O)N(C)C)CC(F)(F)C3)c3n2CCC3)cc1F. The molecule has 0 atom stereocenters. The van der Waals surface area contributed by atoms with E-state index in [9.17, 15) is 125 Å². The maximum atomic E-state index is 14.6. The van der Waals surface area contributed by atoms with E-state index in [1.807, 2.05) is 6.92 Å². The van der Waals surface area contributed by atoms with Crippen LogP contribution in [-0.2, 0) is 90.2 Å². The first kappa shape index (κ1) is 108. The minimum absolute atomic E-state index is 0.00782. The van der Waals surface area contributed by atoms with Gasteiger partial charge in [0, 0.05) is 175 Å². The highest BCUT2D eigenvalue weighted by atomic mass is 35.5. The van der Waals surface area contributed by atoms with E-state index in [2.05, 4.69) is 47.9 Å². The maximum Gasteiger partial charge on any atom is 0.293 e. The second kappa shape index (κ2) is 40.3. The quantitative estimate of drug-likeness (QED) is 0.0146. The smallest absolute Gasteiger partial charge is 0.293 e. The van der Waals surface area contributed by atoms with Crippen LogP contribution in [0.4, 0.5) is 71.0 Å². The molecule has 0 bridgehead atoms. The number of likely N-dealkylation sites (N-methyl/N-ethyl adjacent to an activating group) is 3. The molecule has 0 spiro atoms. The third-order valence-electron chi connectivity index (χ3n) is 27.2. The summed E-state index contributed by atoms with van der Waals surface area (Å²) >= 11 is 18.1. The highest BCUT2D eigenvalue weighted by Gasteiger charge is 2.66. The average Bonchev–Trinajstić information content (AvgIpc) is 1.51. The van der Waals surface area contributed by atoms with Gasteiger partial charge < -0.3 is 75.9 Å². The van der Waals surface area contributed by atoms with Crippen molar-refractivity contribution in [1.82, 2.24) is 54.7 Å². The molecule has 4 fully saturated rings. The second-order valence-electron chi connectivity index (χ2n) is 38.1. The Balaban J connectivity index is 0.000000161. The van der Waals surface area contributed by atoms with E-state index in [4.69, 9.17) is 34.8 Å². The Morgan fingerprint density at radius 2 is 0.660 bits per heavy atom. The van der Waals surface area contributed by atoms with Gasteiger partial charge in [0.15, 0.2) is 11.6 Å². The molecule has 4 aromatic heterocycles. The maximum absolute atomic E-state index is 14.6. The number of ketones is 5. The van der Waals surface area contributed by atoms with Crippen LogP contribution in [0.25, 0.3) is 0 Å². The van der Waals surface area contributed by atoms with Gasteiger partial charge in [-0.1, -0.05) is 59.9 Å². The lowest BCUT2D eigenvalue weighted by molar-refractivity contribution is -0.171. The third-order valence-corrected chi connectivity index (χ3v) is 28.5. The summed E-state index contributed by atoms with van der Waals surface area (Å²) in [6.45, 7) is 15.8. The van der Waals surface area contributed by atoms with Gasteiger partial charge in [-0.3, -0.25) is 76.7 Å². The molecule has 4 aromatic carbocycles. The standard InChI is InChI=1S/C25H25ClF3N3O4.C25H27ClF2N4O4.C25H27F3N4O4.C24H24ClF3N4O4/c1-4-18(33)24(10-25(28,29)11-24)31-23(36)21(34)19-13(3)20(32-7-5-6-17(19)32)22(35)30-14-8-15(26)12(2)16(27)9-14;2*1-13-7-8-15(10-16(13)26)29-21(34)19-14(2)18(17-6-5-9-32(17)19)20(33)22(35)30-24(23(36)31(3)4)11-25(27,28)12-24;1-11-6-7-13(17(26)16(11)25)30-20(34)18-12(2)15(14-5-4-8-32(14)18)19(33)21(35)31-23(22(36)29-3)9-24(27,28)10-23/h8-9H,4-7,10-11H2,1-3H3,(H,30,35)(H,31,36);2*7-8,10H,5-6,9,11-12H2,1-4H3,(H,29,34)(H,30,35);6-7H,4-5,8-10H2,1-3H3,(H,29,36)(H,30,34)(H,31,35). The van der Waals surface area contributed by atoms with Crippen molar-refractivity contribution < 1.29 is 125 Å². The Labute approximate surface area is 832 Å². The molecule has 4 saturated carbocycles. The van der Waals surface area contributed by atoms with E-state index in [1.165, 1.54) is 94.1 Å². The molecule has 0 saturated heterocycles. The van der Waals surface area contributed by atoms with Gasteiger partial charge in [0.1, 0.15) is 56.6 Å². The van der Waals surface area contributed by atoms with Gasteiger partial charge in [0.25, 0.3) is 94.1 Å². The van der Waals surface area contributed by atoms with Gasteiger partial charge in [-0.2, -0.15) is 0 Å². The van der Waals surface area contributed by atoms with Crippen molar-refractivity contribution in [3.05, 3.63) is 205 Å². The summed E-state index contributed by atoms with van der Waals surface area (Å²) in [6, 6.07) is 14.8. The van der Waals surface area contributed by atoms with Crippen LogP contribution in [-0.4, -0.2) is 203 Å². The molecule has 8 aliphatic rings. The fraction of sp³-hybridized carbons (Fsp3) is 0.434. The monoisotopic (exact) mass is 2070 g/mol. The molecule has 16 rings (SSSR count). The van der Waals surface area contributed by atoms with E-state index in [0.29, 0.717) is 128 Å². The molecule has 11 amide bonds. The molecular weight excluding hydrogens is 1970 g/mol. The van der Waals surface area contributed by atoms with Gasteiger partial charge in [-0.15, -0.1) is 0 Å². The minimum Gasteiger partial charge on any atom is -0.357 e. The van der Waals surface area contributed by atoms with Crippen molar-refractivity contribution in [3.8, 4) is 0 Å². The molecule has 8 heterocycles. The number of hydrogen-bond donors (Lipinski definition) is 9. The van der Waals surface area contributed by atoms with Crippen LogP contribution in [0.3, 0.4) is 0 Å². The number of nitrogens with zero attached hydrogens (tertiary/aromatic N) is 6. The molecule has 0 radical (unpaired) electrons. The van der Waals surface area contributed by atoms with Crippen molar-refractivity contribution in [3.63, 3.8) is 0 Å². The Morgan fingerprint density at radius 3 is 0.986 bits per heavy atom. The van der Waals surface area contributed by atoms with Crippen LogP contribution >= 0.6 is 34.8 Å². The summed E-state index contributed by atoms with van der Waals surface area (Å²) in [5.74, 6) is -28.3. The fourth-order valence-corrected chi connectivity index (χ4v) is 20.9. The van der Waals surface area contributed by atoms with Crippen molar-refractivity contribution in [2.45, 2.75) is 243 Å². The van der Waals surface area contributed by atoms with Crippen LogP contribution in [0, 0.1) is 72.8 Å². The molecule has 144 heavy (non-hydrogen) atoms. The Bertz CT molecular complexity index is 6580. The number of carbonyl (C=O) groups excluding carboxylic acids is 16. The number of anilines is 4. The lowest BCUT2D eigenvalue weighted by Crippen LogP contribution is -2.69. The first-order valence-electron chi connectivity index (χ1n) is 45.9. The number of aryl methyl sites for hydroxylation is 3. The van der Waals surface area contributed by atoms with Gasteiger partial charge in [0.2, 0.25) is 17.7 Å². The molecule has 8 aromatic rings. The second-order valence-corrected chi connectivity index (χ2v) is 39.3. The van der Waals surface area contributed by atoms with Gasteiger partial charge in [0.05, 0.1) is 33.0 Å². The van der Waals surface area contributed by atoms with Crippen molar-refractivity contribution in [2.24, 2.45) is 0 Å². The van der Waals surface area contributed by atoms with Gasteiger partial charge in [-0.05, 0) is 188 Å². The zero-order valence-electron chi connectivity index (χ0n) is 80.6. The summed E-state index contributed by atoms with van der Waals surface area (Å²) in [5.41, 5.74) is -1.14. The predicted octanol–water partition coefficient (Wildman–Crippen LogP) is 14.4. The lowest BCUT2D eigenvalue weighted by Gasteiger charge is -2.47. The number of halogens is 14. The van der Waals surface area contributed by atoms with Gasteiger partial charge >= 0.3 is 0 Å². The number of hydrogen-bond acceptors (Lipinski definition) is 16. The summed E-state index contributed by atoms with van der Waals surface area (Å²) < 4.78 is 158. The number of carbonyl (C=O) groups is 16. The fourth-order valence-electron chi connectivity index (χ4n) is 20.4. The van der Waals surface area contributed by atoms with Crippen LogP contribution in [0.15, 0.2) is 60.7 Å². The van der Waals surface area contributed by atoms with Crippen LogP contribution < -0.4 is 47.9 Å². The van der Waals surface area contributed by atoms with E-state index in [0.717, 1.165) is 21.4 Å². The van der Waals surface area contributed by atoms with E-state index in [1.54, 1.807) is 69.4 Å². The van der Waals surface area contributed by atoms with Crippen LogP contribution in [0.1, 0.15) is 241 Å². The van der Waals surface area contributed by atoms with E-state index in [-0.39, 0.29) is 101 Å². The highest BCUT2D eigenvalue weighted by Crippen LogP contribution is 2.51. The van der Waals surface area contributed by atoms with E-state index >= 15 is 0 Å². The minimum atomic E-state index is -3.14. The number of rotatable bonds is 25. The number of benzene rings is 4. The molecular formula is C99H103Cl3F11N15O16. The molecule has 9 N–H and O–H groups in total. The van der Waals surface area contributed by atoms with Crippen molar-refractivity contribution in [2.75, 3.05) is 56.5 Å². The summed E-state index contributed by atoms with van der Waals surface area (Å²) in [6.07, 6.45) is -2.97. The molecule has 45 heteroatoms. The first-order valence-corrected chi connectivity index (χ1v) is 47.0. The number of fused-ring (bicyclic) bond motifs is 4. The zero-order valence-corrected chi connectivity index (χ0v) is 82.9. The number of amides is 11. The van der Waals surface area contributed by atoms with Crippen molar-refractivity contribution >= 4 is 151 Å². The number of aromatic nitrogens is 4. The highest BCUT2D eigenvalue weighted by molar-refractivity contribution is 6.46. The summed E-state index contributed by atoms with van der Waals surface area (Å²) in [4.78, 5) is 209. The number of alkyl halides is 8. The number of nitrogens with one attached hydrogen (secondary N) is 9. The zero-order chi connectivity index (χ0) is 106. The predicted molar refractivity (Wildman–Crippen MR) is 506 cm³/mol. The van der Waals surface area contributed by atoms with Crippen LogP contribution in [0.2, 0.25) is 15.1 Å².